The number of nitrogens with zero attached hydrogens (tertiary/aromatic N) is 1. The predicted octanol–water partition coefficient (Wildman–Crippen LogP) is 4.42. The highest BCUT2D eigenvalue weighted by Gasteiger charge is 2.22. The number of hydrogen-bond acceptors (Lipinski definition) is 2. The Balaban J connectivity index is 1.80. The molecule has 0 bridgehead atoms. The molecule has 4 nitrogen and oxygen atoms in total. The van der Waals surface area contributed by atoms with E-state index in [9.17, 15) is 14.7 Å². The van der Waals surface area contributed by atoms with Gasteiger partial charge in [-0.1, -0.05) is 36.4 Å². The zero-order valence-corrected chi connectivity index (χ0v) is 15.2. The number of carbonyl (C=O) groups excluding carboxylic acids is 1. The van der Waals surface area contributed by atoms with Crippen LogP contribution in [0.15, 0.2) is 48.5 Å². The lowest BCUT2D eigenvalue weighted by Gasteiger charge is -2.17. The molecule has 2 aromatic carbocycles. The molecule has 0 spiro atoms. The van der Waals surface area contributed by atoms with Crippen molar-refractivity contribution in [3.8, 4) is 0 Å². The first-order valence-corrected chi connectivity index (χ1v) is 9.18. The van der Waals surface area contributed by atoms with Crippen LogP contribution in [0.3, 0.4) is 0 Å². The fourth-order valence-corrected chi connectivity index (χ4v) is 4.02. The lowest BCUT2D eigenvalue weighted by molar-refractivity contribution is -0.136. The zero-order chi connectivity index (χ0) is 19.0. The SMILES string of the molecule is Cc1c(CC(=O)O)c2cc(C(=O)/C=C/c3ccccc3)cc3c2n1CCC3. The highest BCUT2D eigenvalue weighted by atomic mass is 16.4. The van der Waals surface area contributed by atoms with Crippen LogP contribution in [0.25, 0.3) is 17.0 Å². The second kappa shape index (κ2) is 6.88. The molecule has 0 saturated carbocycles. The van der Waals surface area contributed by atoms with Gasteiger partial charge in [-0.3, -0.25) is 9.59 Å². The first-order chi connectivity index (χ1) is 13.0. The second-order valence-corrected chi connectivity index (χ2v) is 7.03. The number of aliphatic carboxylic acids is 1. The Hall–Kier alpha value is -3.14. The number of ketones is 1. The fraction of sp³-hybridized carbons (Fsp3) is 0.217. The van der Waals surface area contributed by atoms with Gasteiger partial charge in [-0.2, -0.15) is 0 Å². The zero-order valence-electron chi connectivity index (χ0n) is 15.2. The van der Waals surface area contributed by atoms with Gasteiger partial charge in [0.25, 0.3) is 0 Å². The molecule has 0 unspecified atom stereocenters. The van der Waals surface area contributed by atoms with Crippen LogP contribution in [0.4, 0.5) is 0 Å². The molecule has 0 amide bonds. The summed E-state index contributed by atoms with van der Waals surface area (Å²) >= 11 is 0. The normalized spacial score (nSPS) is 13.4. The van der Waals surface area contributed by atoms with Crippen LogP contribution in [-0.2, 0) is 24.2 Å². The smallest absolute Gasteiger partial charge is 0.307 e. The number of rotatable bonds is 5. The van der Waals surface area contributed by atoms with Crippen molar-refractivity contribution in [1.82, 2.24) is 4.57 Å². The van der Waals surface area contributed by atoms with Crippen molar-refractivity contribution in [2.24, 2.45) is 0 Å². The van der Waals surface area contributed by atoms with Gasteiger partial charge in [-0.15, -0.1) is 0 Å². The third kappa shape index (κ3) is 3.19. The Morgan fingerprint density at radius 2 is 1.96 bits per heavy atom. The molecule has 27 heavy (non-hydrogen) atoms. The van der Waals surface area contributed by atoms with Crippen LogP contribution in [0.1, 0.15) is 39.2 Å². The van der Waals surface area contributed by atoms with Gasteiger partial charge >= 0.3 is 5.97 Å². The van der Waals surface area contributed by atoms with Crippen LogP contribution in [0, 0.1) is 6.92 Å². The number of allylic oxidation sites excluding steroid dienone is 1. The van der Waals surface area contributed by atoms with E-state index < -0.39 is 5.97 Å². The van der Waals surface area contributed by atoms with Gasteiger partial charge < -0.3 is 9.67 Å². The Morgan fingerprint density at radius 1 is 1.19 bits per heavy atom. The van der Waals surface area contributed by atoms with E-state index in [1.807, 2.05) is 55.5 Å². The third-order valence-electron chi connectivity index (χ3n) is 5.29. The summed E-state index contributed by atoms with van der Waals surface area (Å²) in [4.78, 5) is 24.1. The van der Waals surface area contributed by atoms with Crippen molar-refractivity contribution < 1.29 is 14.7 Å². The number of hydrogen-bond donors (Lipinski definition) is 1. The first-order valence-electron chi connectivity index (χ1n) is 9.18. The summed E-state index contributed by atoms with van der Waals surface area (Å²) < 4.78 is 2.21. The van der Waals surface area contributed by atoms with E-state index in [2.05, 4.69) is 4.57 Å². The van der Waals surface area contributed by atoms with Crippen LogP contribution in [0.5, 0.6) is 0 Å². The molecule has 1 aliphatic heterocycles. The Kier molecular flexibility index (Phi) is 4.40. The first kappa shape index (κ1) is 17.3. The largest absolute Gasteiger partial charge is 0.481 e. The molecular weight excluding hydrogens is 338 g/mol. The minimum atomic E-state index is -0.848. The number of aryl methyl sites for hydroxylation is 2. The molecule has 0 saturated heterocycles. The molecule has 0 aliphatic carbocycles. The lowest BCUT2D eigenvalue weighted by Crippen LogP contribution is -2.10. The van der Waals surface area contributed by atoms with Gasteiger partial charge in [-0.05, 0) is 54.7 Å². The highest BCUT2D eigenvalue weighted by Crippen LogP contribution is 2.34. The van der Waals surface area contributed by atoms with Crippen LogP contribution >= 0.6 is 0 Å². The minimum absolute atomic E-state index is 0.0216. The van der Waals surface area contributed by atoms with Gasteiger partial charge in [0.05, 0.1) is 11.9 Å². The Labute approximate surface area is 157 Å². The quantitative estimate of drug-likeness (QED) is 0.542. The number of carbonyl (C=O) groups is 2. The van der Waals surface area contributed by atoms with E-state index in [0.29, 0.717) is 5.56 Å². The molecule has 0 radical (unpaired) electrons. The standard InChI is InChI=1S/C23H21NO3/c1-15-19(14-22(26)27)20-13-18(12-17-8-5-11-24(15)23(17)20)21(25)10-9-16-6-3-2-4-7-16/h2-4,6-7,9-10,12-13H,5,8,11,14H2,1H3,(H,26,27)/b10-9+. The molecule has 1 N–H and O–H groups in total. The predicted molar refractivity (Wildman–Crippen MR) is 106 cm³/mol. The van der Waals surface area contributed by atoms with Crippen molar-refractivity contribution in [3.63, 3.8) is 0 Å². The molecular formula is C23H21NO3. The monoisotopic (exact) mass is 359 g/mol. The van der Waals surface area contributed by atoms with E-state index in [-0.39, 0.29) is 12.2 Å². The molecule has 3 aromatic rings. The highest BCUT2D eigenvalue weighted by molar-refractivity contribution is 6.09. The van der Waals surface area contributed by atoms with Crippen molar-refractivity contribution >= 4 is 28.7 Å². The van der Waals surface area contributed by atoms with Crippen LogP contribution in [0.2, 0.25) is 0 Å². The summed E-state index contributed by atoms with van der Waals surface area (Å²) in [5.74, 6) is -0.909. The van der Waals surface area contributed by atoms with Crippen molar-refractivity contribution in [2.45, 2.75) is 32.7 Å². The average molecular weight is 359 g/mol. The van der Waals surface area contributed by atoms with E-state index in [1.165, 1.54) is 0 Å². The summed E-state index contributed by atoms with van der Waals surface area (Å²) in [5.41, 5.74) is 5.64. The van der Waals surface area contributed by atoms with E-state index >= 15 is 0 Å². The maximum absolute atomic E-state index is 12.8. The number of aromatic nitrogens is 1. The molecule has 4 heteroatoms. The molecule has 2 heterocycles. The molecule has 0 fully saturated rings. The second-order valence-electron chi connectivity index (χ2n) is 7.03. The van der Waals surface area contributed by atoms with Crippen LogP contribution in [-0.4, -0.2) is 21.4 Å². The summed E-state index contributed by atoms with van der Waals surface area (Å²) in [5, 5.41) is 10.2. The molecule has 4 rings (SSSR count). The number of carboxylic acids is 1. The minimum Gasteiger partial charge on any atom is -0.481 e. The van der Waals surface area contributed by atoms with Crippen molar-refractivity contribution in [2.75, 3.05) is 0 Å². The van der Waals surface area contributed by atoms with Gasteiger partial charge in [0, 0.05) is 23.2 Å². The maximum atomic E-state index is 12.8. The average Bonchev–Trinajstić information content (AvgIpc) is 2.94. The molecule has 136 valence electrons. The Bertz CT molecular complexity index is 1070. The molecule has 1 aromatic heterocycles. The van der Waals surface area contributed by atoms with E-state index in [1.54, 1.807) is 6.08 Å². The van der Waals surface area contributed by atoms with Crippen LogP contribution < -0.4 is 0 Å². The van der Waals surface area contributed by atoms with Gasteiger partial charge in [-0.25, -0.2) is 0 Å². The molecule has 0 atom stereocenters. The molecule has 1 aliphatic rings. The summed E-state index contributed by atoms with van der Waals surface area (Å²) in [6.45, 7) is 2.88. The van der Waals surface area contributed by atoms with E-state index in [4.69, 9.17) is 0 Å². The topological polar surface area (TPSA) is 59.3 Å². The van der Waals surface area contributed by atoms with Gasteiger partial charge in [0.15, 0.2) is 5.78 Å². The number of benzene rings is 2. The Morgan fingerprint density at radius 3 is 2.70 bits per heavy atom. The maximum Gasteiger partial charge on any atom is 0.307 e. The summed E-state index contributed by atoms with van der Waals surface area (Å²) in [6, 6.07) is 13.5. The summed E-state index contributed by atoms with van der Waals surface area (Å²) in [7, 11) is 0. The van der Waals surface area contributed by atoms with Crippen molar-refractivity contribution in [3.05, 3.63) is 76.5 Å². The fourth-order valence-electron chi connectivity index (χ4n) is 4.02. The van der Waals surface area contributed by atoms with E-state index in [0.717, 1.165) is 52.7 Å². The lowest BCUT2D eigenvalue weighted by atomic mass is 9.96. The van der Waals surface area contributed by atoms with Gasteiger partial charge in [0.1, 0.15) is 0 Å². The summed E-state index contributed by atoms with van der Waals surface area (Å²) in [6.07, 6.45) is 5.29. The van der Waals surface area contributed by atoms with Gasteiger partial charge in [0.2, 0.25) is 0 Å². The van der Waals surface area contributed by atoms with Crippen molar-refractivity contribution in [1.29, 1.82) is 0 Å². The number of carboxylic acid groups (broad SMARTS) is 1. The third-order valence-corrected chi connectivity index (χ3v) is 5.29.